The normalized spacial score (nSPS) is 16.9. The van der Waals surface area contributed by atoms with E-state index in [1.54, 1.807) is 12.1 Å². The number of carbonyl (C=O) groups is 2. The van der Waals surface area contributed by atoms with Gasteiger partial charge < -0.3 is 14.9 Å². The number of benzene rings is 3. The largest absolute Gasteiger partial charge is 0.480 e. The Kier molecular flexibility index (Phi) is 6.89. The van der Waals surface area contributed by atoms with E-state index in [1.807, 2.05) is 54.6 Å². The molecule has 3 aromatic carbocycles. The molecular formula is C31H29FN4O4. The van der Waals surface area contributed by atoms with E-state index in [1.165, 1.54) is 6.07 Å². The van der Waals surface area contributed by atoms with Gasteiger partial charge in [-0.05, 0) is 48.9 Å². The number of carboxylic acids is 1. The van der Waals surface area contributed by atoms with Crippen LogP contribution in [0.5, 0.6) is 0 Å². The zero-order valence-corrected chi connectivity index (χ0v) is 21.8. The van der Waals surface area contributed by atoms with Crippen LogP contribution in [0.2, 0.25) is 0 Å². The Balaban J connectivity index is 1.09. The number of nitrogens with one attached hydrogen (secondary N) is 1. The molecule has 204 valence electrons. The van der Waals surface area contributed by atoms with Crippen molar-refractivity contribution in [3.05, 3.63) is 84.2 Å². The number of amides is 1. The molecule has 2 fully saturated rings. The smallest absolute Gasteiger partial charge is 0.319 e. The molecule has 40 heavy (non-hydrogen) atoms. The Morgan fingerprint density at radius 3 is 2.33 bits per heavy atom. The van der Waals surface area contributed by atoms with Crippen molar-refractivity contribution in [3.8, 4) is 34.0 Å². The summed E-state index contributed by atoms with van der Waals surface area (Å²) in [5.41, 5.74) is 2.27. The third-order valence-corrected chi connectivity index (χ3v) is 7.81. The number of hydrogen-bond donors (Lipinski definition) is 2. The second kappa shape index (κ2) is 10.7. The van der Waals surface area contributed by atoms with E-state index in [4.69, 9.17) is 4.52 Å². The van der Waals surface area contributed by atoms with Crippen LogP contribution in [0.25, 0.3) is 34.0 Å². The number of aromatic nitrogens is 2. The number of likely N-dealkylation sites (tertiary alicyclic amines) is 1. The molecule has 1 amide bonds. The fourth-order valence-electron chi connectivity index (χ4n) is 5.16. The van der Waals surface area contributed by atoms with Gasteiger partial charge in [-0.25, -0.2) is 4.39 Å². The predicted octanol–water partition coefficient (Wildman–Crippen LogP) is 5.16. The van der Waals surface area contributed by atoms with Crippen molar-refractivity contribution >= 4 is 11.9 Å². The molecule has 2 aliphatic rings. The first kappa shape index (κ1) is 25.9. The number of piperidine rings is 1. The molecule has 2 N–H and O–H groups in total. The summed E-state index contributed by atoms with van der Waals surface area (Å²) in [4.78, 5) is 31.3. The molecule has 0 unspecified atom stereocenters. The highest BCUT2D eigenvalue weighted by atomic mass is 19.1. The van der Waals surface area contributed by atoms with E-state index in [0.29, 0.717) is 36.6 Å². The van der Waals surface area contributed by atoms with Gasteiger partial charge in [0, 0.05) is 42.4 Å². The molecule has 0 radical (unpaired) electrons. The van der Waals surface area contributed by atoms with Crippen LogP contribution in [-0.2, 0) is 16.1 Å². The van der Waals surface area contributed by atoms with Gasteiger partial charge >= 0.3 is 5.97 Å². The first-order valence-corrected chi connectivity index (χ1v) is 13.5. The highest BCUT2D eigenvalue weighted by molar-refractivity contribution is 6.02. The third kappa shape index (κ3) is 5.24. The minimum absolute atomic E-state index is 0.136. The molecule has 6 rings (SSSR count). The molecular weight excluding hydrogens is 511 g/mol. The third-order valence-electron chi connectivity index (χ3n) is 7.81. The molecule has 1 saturated carbocycles. The molecule has 0 spiro atoms. The molecule has 4 aromatic rings. The van der Waals surface area contributed by atoms with Gasteiger partial charge in [0.15, 0.2) is 0 Å². The summed E-state index contributed by atoms with van der Waals surface area (Å²) < 4.78 is 20.2. The molecule has 1 aliphatic heterocycles. The molecule has 1 saturated heterocycles. The van der Waals surface area contributed by atoms with Gasteiger partial charge in [-0.15, -0.1) is 0 Å². The van der Waals surface area contributed by atoms with E-state index in [9.17, 15) is 19.1 Å². The monoisotopic (exact) mass is 540 g/mol. The summed E-state index contributed by atoms with van der Waals surface area (Å²) in [6, 6.07) is 22.1. The van der Waals surface area contributed by atoms with Gasteiger partial charge in [-0.3, -0.25) is 14.5 Å². The van der Waals surface area contributed by atoms with Crippen LogP contribution in [-0.4, -0.2) is 51.2 Å². The number of carbonyl (C=O) groups excluding carboxylic acids is 1. The lowest BCUT2D eigenvalue weighted by Crippen LogP contribution is -2.53. The van der Waals surface area contributed by atoms with Crippen molar-refractivity contribution in [2.24, 2.45) is 5.41 Å². The lowest BCUT2D eigenvalue weighted by Gasteiger charge is -2.37. The average molecular weight is 541 g/mol. The average Bonchev–Trinajstić information content (AvgIpc) is 3.65. The molecule has 1 aliphatic carbocycles. The van der Waals surface area contributed by atoms with Crippen LogP contribution in [0.3, 0.4) is 0 Å². The van der Waals surface area contributed by atoms with Gasteiger partial charge in [0.05, 0.1) is 0 Å². The standard InChI is InChI=1S/C31H29FN4O4/c32-26-18-23(10-13-25(26)21-4-2-1-3-5-21)28-34-27(35-40-28)22-8-6-20(7-9-22)19-36-16-14-31(15-17-36,30(38)39)29(37)33-24-11-12-24/h1-10,13,18,24H,11-12,14-17,19H2,(H,33,37)(H,38,39). The minimum Gasteiger partial charge on any atom is -0.480 e. The van der Waals surface area contributed by atoms with E-state index < -0.39 is 11.4 Å². The predicted molar refractivity (Wildman–Crippen MR) is 146 cm³/mol. The van der Waals surface area contributed by atoms with Crippen LogP contribution in [0.1, 0.15) is 31.2 Å². The first-order chi connectivity index (χ1) is 19.4. The zero-order chi connectivity index (χ0) is 27.7. The molecule has 2 heterocycles. The summed E-state index contributed by atoms with van der Waals surface area (Å²) in [5.74, 6) is -1.11. The quantitative estimate of drug-likeness (QED) is 0.297. The van der Waals surface area contributed by atoms with Gasteiger partial charge in [0.25, 0.3) is 5.89 Å². The number of halogens is 1. The fraction of sp³-hybridized carbons (Fsp3) is 0.290. The molecule has 8 nitrogen and oxygen atoms in total. The summed E-state index contributed by atoms with van der Waals surface area (Å²) in [7, 11) is 0. The Morgan fingerprint density at radius 1 is 0.975 bits per heavy atom. The molecule has 9 heteroatoms. The van der Waals surface area contributed by atoms with E-state index in [2.05, 4.69) is 20.4 Å². The Hall–Kier alpha value is -4.37. The zero-order valence-electron chi connectivity index (χ0n) is 21.8. The van der Waals surface area contributed by atoms with Gasteiger partial charge in [-0.1, -0.05) is 65.8 Å². The number of carboxylic acid groups (broad SMARTS) is 1. The molecule has 0 atom stereocenters. The lowest BCUT2D eigenvalue weighted by molar-refractivity contribution is -0.159. The Bertz CT molecular complexity index is 1520. The number of hydrogen-bond acceptors (Lipinski definition) is 6. The van der Waals surface area contributed by atoms with Crippen LogP contribution in [0.4, 0.5) is 4.39 Å². The number of aliphatic carboxylic acids is 1. The van der Waals surface area contributed by atoms with Crippen LogP contribution >= 0.6 is 0 Å². The van der Waals surface area contributed by atoms with E-state index in [-0.39, 0.29) is 36.5 Å². The molecule has 1 aromatic heterocycles. The highest BCUT2D eigenvalue weighted by Gasteiger charge is 2.49. The second-order valence-corrected chi connectivity index (χ2v) is 10.6. The topological polar surface area (TPSA) is 109 Å². The summed E-state index contributed by atoms with van der Waals surface area (Å²) in [5, 5.41) is 16.8. The minimum atomic E-state index is -1.34. The lowest BCUT2D eigenvalue weighted by atomic mass is 9.77. The SMILES string of the molecule is O=C(O)C1(C(=O)NC2CC2)CCN(Cc2ccc(-c3noc(-c4ccc(-c5ccccc5)c(F)c4)n3)cc2)CC1. The first-order valence-electron chi connectivity index (χ1n) is 13.5. The maximum atomic E-state index is 14.8. The van der Waals surface area contributed by atoms with Crippen molar-refractivity contribution in [3.63, 3.8) is 0 Å². The highest BCUT2D eigenvalue weighted by Crippen LogP contribution is 2.35. The van der Waals surface area contributed by atoms with Crippen LogP contribution in [0, 0.1) is 11.2 Å². The maximum absolute atomic E-state index is 14.8. The Morgan fingerprint density at radius 2 is 1.68 bits per heavy atom. The summed E-state index contributed by atoms with van der Waals surface area (Å²) in [6.07, 6.45) is 2.43. The Labute approximate surface area is 230 Å². The van der Waals surface area contributed by atoms with Crippen molar-refractivity contribution in [2.45, 2.75) is 38.3 Å². The van der Waals surface area contributed by atoms with E-state index in [0.717, 1.165) is 29.5 Å². The van der Waals surface area contributed by atoms with Crippen LogP contribution < -0.4 is 5.32 Å². The van der Waals surface area contributed by atoms with Gasteiger partial charge in [-0.2, -0.15) is 4.98 Å². The summed E-state index contributed by atoms with van der Waals surface area (Å²) in [6.45, 7) is 1.70. The summed E-state index contributed by atoms with van der Waals surface area (Å²) >= 11 is 0. The van der Waals surface area contributed by atoms with Crippen molar-refractivity contribution in [1.29, 1.82) is 0 Å². The number of nitrogens with zero attached hydrogens (tertiary/aromatic N) is 3. The fourth-order valence-corrected chi connectivity index (χ4v) is 5.16. The van der Waals surface area contributed by atoms with Crippen LogP contribution in [0.15, 0.2) is 77.3 Å². The van der Waals surface area contributed by atoms with Crippen molar-refractivity contribution in [1.82, 2.24) is 20.4 Å². The van der Waals surface area contributed by atoms with Crippen molar-refractivity contribution < 1.29 is 23.6 Å². The second-order valence-electron chi connectivity index (χ2n) is 10.6. The maximum Gasteiger partial charge on any atom is 0.319 e. The van der Waals surface area contributed by atoms with Gasteiger partial charge in [0.2, 0.25) is 11.7 Å². The molecule has 0 bridgehead atoms. The van der Waals surface area contributed by atoms with E-state index >= 15 is 0 Å². The number of rotatable bonds is 8. The van der Waals surface area contributed by atoms with Crippen molar-refractivity contribution in [2.75, 3.05) is 13.1 Å². The van der Waals surface area contributed by atoms with Gasteiger partial charge in [0.1, 0.15) is 11.2 Å².